The predicted octanol–water partition coefficient (Wildman–Crippen LogP) is 0.190. The molecule has 0 bridgehead atoms. The molecule has 118 valence electrons. The van der Waals surface area contributed by atoms with Crippen molar-refractivity contribution in [3.05, 3.63) is 12.2 Å². The number of hydrogen-bond acceptors (Lipinski definition) is 7. The molecule has 1 aliphatic rings. The molecule has 0 aromatic heterocycles. The monoisotopic (exact) mass is 299 g/mol. The molecule has 1 rings (SSSR count). The Morgan fingerprint density at radius 3 is 2.00 bits per heavy atom. The van der Waals surface area contributed by atoms with Gasteiger partial charge in [-0.2, -0.15) is 0 Å². The molecule has 1 heterocycles. The molecule has 0 aromatic rings. The summed E-state index contributed by atoms with van der Waals surface area (Å²) in [6, 6.07) is -1.19. The Kier molecular flexibility index (Phi) is 5.90. The van der Waals surface area contributed by atoms with E-state index in [4.69, 9.17) is 14.2 Å². The lowest BCUT2D eigenvalue weighted by Gasteiger charge is -2.29. The van der Waals surface area contributed by atoms with Crippen molar-refractivity contribution >= 4 is 17.9 Å². The highest BCUT2D eigenvalue weighted by atomic mass is 16.6. The third-order valence-electron chi connectivity index (χ3n) is 3.23. The lowest BCUT2D eigenvalue weighted by Crippen LogP contribution is -2.55. The van der Waals surface area contributed by atoms with Gasteiger partial charge in [-0.1, -0.05) is 6.58 Å². The highest BCUT2D eigenvalue weighted by Crippen LogP contribution is 2.39. The molecule has 0 aromatic carbocycles. The maximum Gasteiger partial charge on any atom is 0.330 e. The van der Waals surface area contributed by atoms with Crippen molar-refractivity contribution < 1.29 is 28.6 Å². The Morgan fingerprint density at radius 2 is 1.57 bits per heavy atom. The summed E-state index contributed by atoms with van der Waals surface area (Å²) in [5, 5.41) is 2.78. The molecule has 7 heteroatoms. The zero-order chi connectivity index (χ0) is 16.0. The van der Waals surface area contributed by atoms with Gasteiger partial charge < -0.3 is 14.2 Å². The van der Waals surface area contributed by atoms with Crippen LogP contribution in [0.25, 0.3) is 0 Å². The molecule has 7 nitrogen and oxygen atoms in total. The molecule has 1 saturated heterocycles. The molecule has 0 aliphatic carbocycles. The van der Waals surface area contributed by atoms with Crippen molar-refractivity contribution in [3.63, 3.8) is 0 Å². The Balaban J connectivity index is 3.28. The summed E-state index contributed by atoms with van der Waals surface area (Å²) in [5.41, 5.74) is -1.66. The molecule has 0 saturated carbocycles. The molecular formula is C14H21NO6. The second-order valence-corrected chi connectivity index (χ2v) is 4.42. The van der Waals surface area contributed by atoms with Crippen molar-refractivity contribution in [1.29, 1.82) is 0 Å². The lowest BCUT2D eigenvalue weighted by molar-refractivity contribution is -0.174. The SMILES string of the molecule is C=C1CNC(C(=O)OCC)C1(C(=O)OCC)C(=O)OCC. The van der Waals surface area contributed by atoms with E-state index in [-0.39, 0.29) is 31.9 Å². The summed E-state index contributed by atoms with van der Waals surface area (Å²) in [6.45, 7) is 9.00. The van der Waals surface area contributed by atoms with Gasteiger partial charge in [-0.3, -0.25) is 19.7 Å². The second-order valence-electron chi connectivity index (χ2n) is 4.42. The summed E-state index contributed by atoms with van der Waals surface area (Å²) in [4.78, 5) is 36.8. The minimum Gasteiger partial charge on any atom is -0.465 e. The van der Waals surface area contributed by atoms with Gasteiger partial charge in [0, 0.05) is 6.54 Å². The Hall–Kier alpha value is -1.89. The van der Waals surface area contributed by atoms with Crippen molar-refractivity contribution in [2.24, 2.45) is 5.41 Å². The van der Waals surface area contributed by atoms with E-state index in [0.29, 0.717) is 0 Å². The molecule has 0 amide bonds. The van der Waals surface area contributed by atoms with Gasteiger partial charge >= 0.3 is 17.9 Å². The predicted molar refractivity (Wildman–Crippen MR) is 73.3 cm³/mol. The van der Waals surface area contributed by atoms with Crippen molar-refractivity contribution in [2.45, 2.75) is 26.8 Å². The Labute approximate surface area is 123 Å². The molecule has 0 radical (unpaired) electrons. The van der Waals surface area contributed by atoms with E-state index in [1.54, 1.807) is 20.8 Å². The topological polar surface area (TPSA) is 90.9 Å². The minimum absolute atomic E-state index is 0.0722. The maximum atomic E-state index is 12.4. The fraction of sp³-hybridized carbons (Fsp3) is 0.643. The Bertz CT molecular complexity index is 427. The third-order valence-corrected chi connectivity index (χ3v) is 3.23. The second kappa shape index (κ2) is 7.21. The first kappa shape index (κ1) is 17.2. The van der Waals surface area contributed by atoms with Gasteiger partial charge in [0.2, 0.25) is 5.41 Å². The average molecular weight is 299 g/mol. The van der Waals surface area contributed by atoms with Gasteiger partial charge in [-0.05, 0) is 26.3 Å². The smallest absolute Gasteiger partial charge is 0.330 e. The first-order valence-electron chi connectivity index (χ1n) is 6.89. The summed E-state index contributed by atoms with van der Waals surface area (Å²) >= 11 is 0. The van der Waals surface area contributed by atoms with Crippen molar-refractivity contribution in [1.82, 2.24) is 5.32 Å². The molecule has 21 heavy (non-hydrogen) atoms. The van der Waals surface area contributed by atoms with Crippen LogP contribution in [-0.2, 0) is 28.6 Å². The summed E-state index contributed by atoms with van der Waals surface area (Å²) < 4.78 is 14.9. The largest absolute Gasteiger partial charge is 0.465 e. The van der Waals surface area contributed by atoms with E-state index in [1.807, 2.05) is 0 Å². The zero-order valence-corrected chi connectivity index (χ0v) is 12.6. The quantitative estimate of drug-likeness (QED) is 0.324. The number of ether oxygens (including phenoxy) is 3. The van der Waals surface area contributed by atoms with Crippen LogP contribution in [0.3, 0.4) is 0 Å². The number of esters is 3. The van der Waals surface area contributed by atoms with Crippen LogP contribution in [0.15, 0.2) is 12.2 Å². The highest BCUT2D eigenvalue weighted by molar-refractivity contribution is 6.09. The standard InChI is InChI=1S/C14H21NO6/c1-5-19-11(16)10-14(9(4)8-15-10,12(17)20-6-2)13(18)21-7-3/h10,15H,4-8H2,1-3H3. The van der Waals surface area contributed by atoms with Crippen molar-refractivity contribution in [3.8, 4) is 0 Å². The van der Waals surface area contributed by atoms with Crippen LogP contribution in [0.4, 0.5) is 0 Å². The van der Waals surface area contributed by atoms with Gasteiger partial charge in [0.15, 0.2) is 0 Å². The first-order valence-corrected chi connectivity index (χ1v) is 6.89. The molecule has 1 aliphatic heterocycles. The van der Waals surface area contributed by atoms with Gasteiger partial charge in [0.05, 0.1) is 19.8 Å². The fourth-order valence-corrected chi connectivity index (χ4v) is 2.31. The van der Waals surface area contributed by atoms with Gasteiger partial charge in [0.1, 0.15) is 6.04 Å². The van der Waals surface area contributed by atoms with Gasteiger partial charge in [-0.15, -0.1) is 0 Å². The van der Waals surface area contributed by atoms with E-state index in [0.717, 1.165) is 0 Å². The normalized spacial score (nSPS) is 20.0. The number of carbonyl (C=O) groups excluding carboxylic acids is 3. The van der Waals surface area contributed by atoms with Gasteiger partial charge in [0.25, 0.3) is 0 Å². The minimum atomic E-state index is -1.89. The number of hydrogen-bond donors (Lipinski definition) is 1. The molecule has 0 spiro atoms. The van der Waals surface area contributed by atoms with E-state index < -0.39 is 29.4 Å². The van der Waals surface area contributed by atoms with E-state index in [2.05, 4.69) is 11.9 Å². The lowest BCUT2D eigenvalue weighted by atomic mass is 9.77. The van der Waals surface area contributed by atoms with Gasteiger partial charge in [-0.25, -0.2) is 0 Å². The highest BCUT2D eigenvalue weighted by Gasteiger charge is 2.63. The van der Waals surface area contributed by atoms with Crippen LogP contribution in [0.2, 0.25) is 0 Å². The van der Waals surface area contributed by atoms with Crippen LogP contribution in [0.1, 0.15) is 20.8 Å². The molecular weight excluding hydrogens is 278 g/mol. The summed E-state index contributed by atoms with van der Waals surface area (Å²) in [7, 11) is 0. The van der Waals surface area contributed by atoms with Crippen LogP contribution < -0.4 is 5.32 Å². The fourth-order valence-electron chi connectivity index (χ4n) is 2.31. The summed E-state index contributed by atoms with van der Waals surface area (Å²) in [6.07, 6.45) is 0. The Morgan fingerprint density at radius 1 is 1.10 bits per heavy atom. The zero-order valence-electron chi connectivity index (χ0n) is 12.6. The first-order chi connectivity index (χ1) is 9.96. The van der Waals surface area contributed by atoms with Crippen LogP contribution >= 0.6 is 0 Å². The molecule has 1 N–H and O–H groups in total. The van der Waals surface area contributed by atoms with E-state index in [1.165, 1.54) is 0 Å². The molecule has 1 atom stereocenters. The number of carbonyl (C=O) groups is 3. The molecule has 1 unspecified atom stereocenters. The molecule has 1 fully saturated rings. The van der Waals surface area contributed by atoms with E-state index in [9.17, 15) is 14.4 Å². The maximum absolute atomic E-state index is 12.4. The number of nitrogens with one attached hydrogen (secondary N) is 1. The summed E-state index contributed by atoms with van der Waals surface area (Å²) in [5.74, 6) is -2.41. The van der Waals surface area contributed by atoms with Crippen molar-refractivity contribution in [2.75, 3.05) is 26.4 Å². The van der Waals surface area contributed by atoms with Crippen LogP contribution in [0.5, 0.6) is 0 Å². The average Bonchev–Trinajstić information content (AvgIpc) is 2.78. The third kappa shape index (κ3) is 2.92. The van der Waals surface area contributed by atoms with Crippen LogP contribution in [-0.4, -0.2) is 50.3 Å². The number of rotatable bonds is 6. The van der Waals surface area contributed by atoms with Crippen LogP contribution in [0, 0.1) is 5.41 Å². The van der Waals surface area contributed by atoms with E-state index >= 15 is 0 Å².